The number of hydrogen-bond acceptors (Lipinski definition) is 3. The molecule has 0 radical (unpaired) electrons. The molecule has 0 aliphatic carbocycles. The highest BCUT2D eigenvalue weighted by Crippen LogP contribution is 2.38. The van der Waals surface area contributed by atoms with Crippen LogP contribution < -0.4 is 10.1 Å². The molecule has 2 aromatic carbocycles. The molecule has 1 saturated heterocycles. The SMILES string of the molecule is C[C@@H]1COc2ccccc2CCCCC2(CCN(C(=O)c3ccc(Cl)cc3)CC2)C(=O)N1. The number of fused-ring (bicyclic) bond motifs is 1. The highest BCUT2D eigenvalue weighted by molar-refractivity contribution is 6.30. The molecule has 2 aliphatic heterocycles. The number of rotatable bonds is 1. The molecule has 1 N–H and O–H groups in total. The minimum absolute atomic E-state index is 0.00320. The molecule has 2 heterocycles. The summed E-state index contributed by atoms with van der Waals surface area (Å²) in [4.78, 5) is 28.1. The van der Waals surface area contributed by atoms with Crippen LogP contribution in [0.3, 0.4) is 0 Å². The van der Waals surface area contributed by atoms with E-state index in [1.165, 1.54) is 5.56 Å². The summed E-state index contributed by atoms with van der Waals surface area (Å²) in [6.45, 7) is 3.60. The zero-order valence-corrected chi connectivity index (χ0v) is 19.4. The number of halogens is 1. The third-order valence-corrected chi connectivity index (χ3v) is 7.02. The Bertz CT molecular complexity index is 952. The predicted octanol–water partition coefficient (Wildman–Crippen LogP) is 4.87. The number of aryl methyl sites for hydroxylation is 1. The van der Waals surface area contributed by atoms with Crippen molar-refractivity contribution in [2.45, 2.75) is 51.5 Å². The summed E-state index contributed by atoms with van der Waals surface area (Å²) in [5, 5.41) is 3.80. The highest BCUT2D eigenvalue weighted by atomic mass is 35.5. The Morgan fingerprint density at radius 3 is 2.53 bits per heavy atom. The summed E-state index contributed by atoms with van der Waals surface area (Å²) in [6, 6.07) is 15.1. The van der Waals surface area contributed by atoms with Gasteiger partial charge in [0.2, 0.25) is 5.91 Å². The smallest absolute Gasteiger partial charge is 0.253 e. The third-order valence-electron chi connectivity index (χ3n) is 6.77. The average molecular weight is 455 g/mol. The van der Waals surface area contributed by atoms with Gasteiger partial charge in [0.15, 0.2) is 0 Å². The zero-order valence-electron chi connectivity index (χ0n) is 18.6. The Labute approximate surface area is 195 Å². The van der Waals surface area contributed by atoms with Gasteiger partial charge in [-0.25, -0.2) is 0 Å². The van der Waals surface area contributed by atoms with E-state index < -0.39 is 5.41 Å². The fourth-order valence-corrected chi connectivity index (χ4v) is 4.89. The molecule has 0 bridgehead atoms. The number of ether oxygens (including phenoxy) is 1. The lowest BCUT2D eigenvalue weighted by Gasteiger charge is -2.41. The summed E-state index contributed by atoms with van der Waals surface area (Å²) in [5.74, 6) is 1.02. The van der Waals surface area contributed by atoms with Crippen molar-refractivity contribution in [3.05, 3.63) is 64.7 Å². The van der Waals surface area contributed by atoms with Crippen LogP contribution in [-0.2, 0) is 11.2 Å². The van der Waals surface area contributed by atoms with Gasteiger partial charge in [0.25, 0.3) is 5.91 Å². The Morgan fingerprint density at radius 2 is 1.78 bits per heavy atom. The zero-order chi connectivity index (χ0) is 22.6. The van der Waals surface area contributed by atoms with E-state index in [4.69, 9.17) is 16.3 Å². The number of hydrogen-bond donors (Lipinski definition) is 1. The van der Waals surface area contributed by atoms with Crippen molar-refractivity contribution >= 4 is 23.4 Å². The van der Waals surface area contributed by atoms with Crippen molar-refractivity contribution in [2.24, 2.45) is 5.41 Å². The van der Waals surface area contributed by atoms with Crippen LogP contribution in [0.2, 0.25) is 5.02 Å². The molecular formula is C26H31ClN2O3. The first-order valence-corrected chi connectivity index (χ1v) is 11.9. The molecule has 2 aromatic rings. The summed E-state index contributed by atoms with van der Waals surface area (Å²) in [7, 11) is 0. The first-order valence-electron chi connectivity index (χ1n) is 11.5. The number of nitrogens with zero attached hydrogens (tertiary/aromatic N) is 1. The maximum atomic E-state index is 13.4. The largest absolute Gasteiger partial charge is 0.491 e. The topological polar surface area (TPSA) is 58.6 Å². The number of carbonyl (C=O) groups is 2. The molecule has 170 valence electrons. The van der Waals surface area contributed by atoms with E-state index in [1.54, 1.807) is 24.3 Å². The number of piperidine rings is 1. The second-order valence-corrected chi connectivity index (χ2v) is 9.52. The molecule has 1 spiro atoms. The maximum Gasteiger partial charge on any atom is 0.253 e. The molecule has 5 nitrogen and oxygen atoms in total. The van der Waals surface area contributed by atoms with Crippen molar-refractivity contribution in [3.8, 4) is 5.75 Å². The van der Waals surface area contributed by atoms with E-state index in [0.717, 1.165) is 31.4 Å². The van der Waals surface area contributed by atoms with E-state index in [2.05, 4.69) is 11.4 Å². The number of amides is 2. The second-order valence-electron chi connectivity index (χ2n) is 9.08. The number of likely N-dealkylation sites (tertiary alicyclic amines) is 1. The first kappa shape index (κ1) is 22.7. The summed E-state index contributed by atoms with van der Waals surface area (Å²) >= 11 is 5.95. The monoisotopic (exact) mass is 454 g/mol. The summed E-state index contributed by atoms with van der Waals surface area (Å²) in [5.41, 5.74) is 1.44. The van der Waals surface area contributed by atoms with E-state index in [9.17, 15) is 9.59 Å². The minimum Gasteiger partial charge on any atom is -0.491 e. The van der Waals surface area contributed by atoms with Gasteiger partial charge in [0.1, 0.15) is 12.4 Å². The van der Waals surface area contributed by atoms with Crippen LogP contribution >= 0.6 is 11.6 Å². The molecule has 1 atom stereocenters. The van der Waals surface area contributed by atoms with Crippen LogP contribution in [0.4, 0.5) is 0 Å². The quantitative estimate of drug-likeness (QED) is 0.668. The van der Waals surface area contributed by atoms with Gasteiger partial charge >= 0.3 is 0 Å². The van der Waals surface area contributed by atoms with E-state index in [1.807, 2.05) is 30.0 Å². The predicted molar refractivity (Wildman–Crippen MR) is 126 cm³/mol. The normalized spacial score (nSPS) is 21.5. The molecule has 6 heteroatoms. The van der Waals surface area contributed by atoms with Crippen LogP contribution in [0.25, 0.3) is 0 Å². The molecule has 0 unspecified atom stereocenters. The standard InChI is InChI=1S/C26H31ClN2O3/c1-19-18-32-23-8-3-2-6-20(23)7-4-5-13-26(25(31)28-19)14-16-29(17-15-26)24(30)21-9-11-22(27)12-10-21/h2-3,6,8-12,19H,4-5,7,13-18H2,1H3,(H,28,31)/t19-/m1/s1. The Hall–Kier alpha value is -2.53. The second kappa shape index (κ2) is 9.95. The third kappa shape index (κ3) is 5.09. The average Bonchev–Trinajstić information content (AvgIpc) is 2.81. The molecule has 32 heavy (non-hydrogen) atoms. The Morgan fingerprint density at radius 1 is 1.06 bits per heavy atom. The van der Waals surface area contributed by atoms with Gasteiger partial charge in [-0.05, 0) is 74.9 Å². The van der Waals surface area contributed by atoms with Gasteiger partial charge in [-0.3, -0.25) is 9.59 Å². The van der Waals surface area contributed by atoms with Crippen LogP contribution in [0.5, 0.6) is 5.75 Å². The van der Waals surface area contributed by atoms with Crippen molar-refractivity contribution < 1.29 is 14.3 Å². The summed E-state index contributed by atoms with van der Waals surface area (Å²) in [6.07, 6.45) is 5.14. The van der Waals surface area contributed by atoms with Crippen LogP contribution in [-0.4, -0.2) is 42.5 Å². The number of para-hydroxylation sites is 1. The van der Waals surface area contributed by atoms with Gasteiger partial charge in [0, 0.05) is 23.7 Å². The van der Waals surface area contributed by atoms with Gasteiger partial charge in [0.05, 0.1) is 11.5 Å². The van der Waals surface area contributed by atoms with Crippen molar-refractivity contribution in [1.82, 2.24) is 10.2 Å². The lowest BCUT2D eigenvalue weighted by atomic mass is 9.73. The number of benzene rings is 2. The fraction of sp³-hybridized carbons (Fsp3) is 0.462. The van der Waals surface area contributed by atoms with Gasteiger partial charge < -0.3 is 15.0 Å². The van der Waals surface area contributed by atoms with Crippen molar-refractivity contribution in [3.63, 3.8) is 0 Å². The molecule has 0 aromatic heterocycles. The van der Waals surface area contributed by atoms with Gasteiger partial charge in [-0.15, -0.1) is 0 Å². The molecule has 2 aliphatic rings. The molecule has 4 rings (SSSR count). The molecule has 2 amide bonds. The van der Waals surface area contributed by atoms with E-state index >= 15 is 0 Å². The van der Waals surface area contributed by atoms with Crippen LogP contribution in [0.15, 0.2) is 48.5 Å². The minimum atomic E-state index is -0.427. The maximum absolute atomic E-state index is 13.4. The first-order chi connectivity index (χ1) is 15.5. The van der Waals surface area contributed by atoms with Crippen LogP contribution in [0.1, 0.15) is 54.9 Å². The van der Waals surface area contributed by atoms with Crippen LogP contribution in [0, 0.1) is 5.41 Å². The fourth-order valence-electron chi connectivity index (χ4n) is 4.77. The molecular weight excluding hydrogens is 424 g/mol. The Balaban J connectivity index is 1.44. The lowest BCUT2D eigenvalue weighted by molar-refractivity contribution is -0.135. The van der Waals surface area contributed by atoms with Crippen molar-refractivity contribution in [1.29, 1.82) is 0 Å². The lowest BCUT2D eigenvalue weighted by Crippen LogP contribution is -2.52. The van der Waals surface area contributed by atoms with Crippen molar-refractivity contribution in [2.75, 3.05) is 19.7 Å². The Kier molecular flexibility index (Phi) is 7.04. The van der Waals surface area contributed by atoms with E-state index in [-0.39, 0.29) is 17.9 Å². The molecule has 0 saturated carbocycles. The summed E-state index contributed by atoms with van der Waals surface area (Å²) < 4.78 is 6.03. The van der Waals surface area contributed by atoms with Gasteiger partial charge in [-0.1, -0.05) is 36.2 Å². The van der Waals surface area contributed by atoms with E-state index in [0.29, 0.717) is 43.1 Å². The highest BCUT2D eigenvalue weighted by Gasteiger charge is 2.42. The number of nitrogens with one attached hydrogen (secondary N) is 1. The number of carbonyl (C=O) groups excluding carboxylic acids is 2. The van der Waals surface area contributed by atoms with Gasteiger partial charge in [-0.2, -0.15) is 0 Å². The molecule has 1 fully saturated rings.